The van der Waals surface area contributed by atoms with Gasteiger partial charge in [0.05, 0.1) is 4.92 Å². The van der Waals surface area contributed by atoms with Gasteiger partial charge in [-0.15, -0.1) is 0 Å². The molecule has 0 fully saturated rings. The first kappa shape index (κ1) is 13.4. The lowest BCUT2D eigenvalue weighted by atomic mass is 9.72. The smallest absolute Gasteiger partial charge is 0.269 e. The average Bonchev–Trinajstić information content (AvgIpc) is 2.34. The molecule has 2 rings (SSSR count). The van der Waals surface area contributed by atoms with Crippen LogP contribution in [0.4, 0.5) is 10.1 Å². The maximum absolute atomic E-state index is 15.0. The third kappa shape index (κ3) is 2.41. The fourth-order valence-corrected chi connectivity index (χ4v) is 2.30. The summed E-state index contributed by atoms with van der Waals surface area (Å²) in [6.07, 6.45) is 2.98. The fraction of sp³-hybridized carbons (Fsp3) is 0.357. The van der Waals surface area contributed by atoms with Crippen LogP contribution in [0.5, 0.6) is 0 Å². The van der Waals surface area contributed by atoms with Gasteiger partial charge < -0.3 is 0 Å². The Morgan fingerprint density at radius 2 is 1.84 bits per heavy atom. The molecule has 19 heavy (non-hydrogen) atoms. The Bertz CT molecular complexity index is 563. The van der Waals surface area contributed by atoms with Gasteiger partial charge in [0.15, 0.2) is 11.5 Å². The predicted octanol–water partition coefficient (Wildman–Crippen LogP) is 3.31. The minimum atomic E-state index is -2.10. The minimum Gasteiger partial charge on any atom is -0.291 e. The number of carbonyl (C=O) groups is 1. The standard InChI is InChI=1S/C14H14FNO3/c1-13(2)8-7-12(17)14(15,9-13)10-3-5-11(6-4-10)16(18)19/h3-8H,9H2,1-2H3. The van der Waals surface area contributed by atoms with Crippen LogP contribution in [-0.4, -0.2) is 10.7 Å². The van der Waals surface area contributed by atoms with E-state index in [2.05, 4.69) is 0 Å². The molecule has 0 bridgehead atoms. The first-order chi connectivity index (χ1) is 8.74. The highest BCUT2D eigenvalue weighted by Crippen LogP contribution is 2.43. The van der Waals surface area contributed by atoms with Gasteiger partial charge in [0.1, 0.15) is 0 Å². The van der Waals surface area contributed by atoms with E-state index >= 15 is 0 Å². The van der Waals surface area contributed by atoms with Crippen molar-refractivity contribution in [1.29, 1.82) is 0 Å². The molecule has 0 aliphatic heterocycles. The Balaban J connectivity index is 2.42. The van der Waals surface area contributed by atoms with E-state index in [4.69, 9.17) is 0 Å². The first-order valence-corrected chi connectivity index (χ1v) is 5.92. The molecule has 0 aromatic heterocycles. The number of nitrogens with zero attached hydrogens (tertiary/aromatic N) is 1. The van der Waals surface area contributed by atoms with Gasteiger partial charge in [0.25, 0.3) is 5.69 Å². The Morgan fingerprint density at radius 3 is 2.37 bits per heavy atom. The van der Waals surface area contributed by atoms with Crippen LogP contribution < -0.4 is 0 Å². The van der Waals surface area contributed by atoms with Crippen molar-refractivity contribution in [3.05, 3.63) is 52.1 Å². The van der Waals surface area contributed by atoms with Gasteiger partial charge >= 0.3 is 0 Å². The molecule has 1 unspecified atom stereocenters. The zero-order chi connectivity index (χ0) is 14.3. The molecule has 0 saturated carbocycles. The number of alkyl halides is 1. The van der Waals surface area contributed by atoms with Crippen molar-refractivity contribution in [1.82, 2.24) is 0 Å². The van der Waals surface area contributed by atoms with Gasteiger partial charge in [0.2, 0.25) is 0 Å². The number of carbonyl (C=O) groups excluding carboxylic acids is 1. The van der Waals surface area contributed by atoms with Crippen LogP contribution in [0.2, 0.25) is 0 Å². The highest BCUT2D eigenvalue weighted by atomic mass is 19.1. The number of ketones is 1. The molecule has 100 valence electrons. The average molecular weight is 263 g/mol. The van der Waals surface area contributed by atoms with Crippen molar-refractivity contribution in [2.45, 2.75) is 25.9 Å². The van der Waals surface area contributed by atoms with Crippen LogP contribution in [0.3, 0.4) is 0 Å². The van der Waals surface area contributed by atoms with Gasteiger partial charge in [-0.2, -0.15) is 0 Å². The summed E-state index contributed by atoms with van der Waals surface area (Å²) in [5, 5.41) is 10.6. The number of nitro groups is 1. The number of hydrogen-bond donors (Lipinski definition) is 0. The van der Waals surface area contributed by atoms with Crippen LogP contribution >= 0.6 is 0 Å². The first-order valence-electron chi connectivity index (χ1n) is 5.92. The van der Waals surface area contributed by atoms with Gasteiger partial charge in [-0.3, -0.25) is 14.9 Å². The molecule has 1 aromatic rings. The minimum absolute atomic E-state index is 0.0349. The molecule has 0 N–H and O–H groups in total. The molecule has 0 heterocycles. The van der Waals surface area contributed by atoms with Crippen molar-refractivity contribution in [2.75, 3.05) is 0 Å². The van der Waals surface area contributed by atoms with Crippen molar-refractivity contribution in [3.63, 3.8) is 0 Å². The topological polar surface area (TPSA) is 60.2 Å². The van der Waals surface area contributed by atoms with Gasteiger partial charge in [-0.05, 0) is 29.2 Å². The third-order valence-corrected chi connectivity index (χ3v) is 3.31. The summed E-state index contributed by atoms with van der Waals surface area (Å²) in [7, 11) is 0. The fourth-order valence-electron chi connectivity index (χ4n) is 2.30. The number of non-ortho nitro benzene ring substituents is 1. The highest BCUT2D eigenvalue weighted by molar-refractivity contribution is 5.98. The predicted molar refractivity (Wildman–Crippen MR) is 68.4 cm³/mol. The number of rotatable bonds is 2. The second-order valence-corrected chi connectivity index (χ2v) is 5.47. The van der Waals surface area contributed by atoms with Gasteiger partial charge in [-0.25, -0.2) is 4.39 Å². The molecule has 0 saturated heterocycles. The third-order valence-electron chi connectivity index (χ3n) is 3.31. The van der Waals surface area contributed by atoms with Crippen LogP contribution in [0.25, 0.3) is 0 Å². The molecule has 5 heteroatoms. The van der Waals surface area contributed by atoms with E-state index in [1.807, 2.05) is 13.8 Å². The molecule has 0 spiro atoms. The zero-order valence-corrected chi connectivity index (χ0v) is 10.7. The number of benzene rings is 1. The van der Waals surface area contributed by atoms with Gasteiger partial charge in [-0.1, -0.05) is 19.9 Å². The maximum atomic E-state index is 15.0. The van der Waals surface area contributed by atoms with E-state index < -0.39 is 21.8 Å². The number of allylic oxidation sites excluding steroid dienone is 2. The number of halogens is 1. The molecular formula is C14H14FNO3. The van der Waals surface area contributed by atoms with E-state index in [1.165, 1.54) is 30.3 Å². The zero-order valence-electron chi connectivity index (χ0n) is 10.7. The van der Waals surface area contributed by atoms with Crippen LogP contribution in [-0.2, 0) is 10.5 Å². The molecule has 0 radical (unpaired) electrons. The van der Waals surface area contributed by atoms with Crippen molar-refractivity contribution < 1.29 is 14.1 Å². The largest absolute Gasteiger partial charge is 0.291 e. The van der Waals surface area contributed by atoms with E-state index in [-0.39, 0.29) is 17.7 Å². The Morgan fingerprint density at radius 1 is 1.26 bits per heavy atom. The van der Waals surface area contributed by atoms with Crippen molar-refractivity contribution in [2.24, 2.45) is 5.41 Å². The van der Waals surface area contributed by atoms with Crippen molar-refractivity contribution >= 4 is 11.5 Å². The Hall–Kier alpha value is -2.04. The van der Waals surface area contributed by atoms with Crippen LogP contribution in [0, 0.1) is 15.5 Å². The summed E-state index contributed by atoms with van der Waals surface area (Å²) in [5.74, 6) is -0.610. The lowest BCUT2D eigenvalue weighted by Crippen LogP contribution is -2.37. The van der Waals surface area contributed by atoms with Crippen molar-refractivity contribution in [3.8, 4) is 0 Å². The van der Waals surface area contributed by atoms with E-state index in [0.717, 1.165) is 0 Å². The maximum Gasteiger partial charge on any atom is 0.269 e. The second-order valence-electron chi connectivity index (χ2n) is 5.47. The normalized spacial score (nSPS) is 25.3. The summed E-state index contributed by atoms with van der Waals surface area (Å²) in [6.45, 7) is 3.69. The van der Waals surface area contributed by atoms with Crippen LogP contribution in [0.15, 0.2) is 36.4 Å². The van der Waals surface area contributed by atoms with E-state index in [0.29, 0.717) is 0 Å². The molecule has 4 nitrogen and oxygen atoms in total. The summed E-state index contributed by atoms with van der Waals surface area (Å²) >= 11 is 0. The molecule has 1 aromatic carbocycles. The lowest BCUT2D eigenvalue weighted by Gasteiger charge is -2.34. The van der Waals surface area contributed by atoms with E-state index in [9.17, 15) is 19.3 Å². The lowest BCUT2D eigenvalue weighted by molar-refractivity contribution is -0.384. The van der Waals surface area contributed by atoms with Gasteiger partial charge in [0, 0.05) is 18.6 Å². The molecule has 1 aliphatic carbocycles. The summed E-state index contributed by atoms with van der Waals surface area (Å²) < 4.78 is 15.0. The Labute approximate surface area is 110 Å². The summed E-state index contributed by atoms with van der Waals surface area (Å²) in [4.78, 5) is 21.8. The monoisotopic (exact) mass is 263 g/mol. The molecule has 1 atom stereocenters. The summed E-state index contributed by atoms with van der Waals surface area (Å²) in [5.41, 5.74) is -2.48. The number of nitro benzene ring substituents is 1. The summed E-state index contributed by atoms with van der Waals surface area (Å²) in [6, 6.07) is 5.06. The molecule has 1 aliphatic rings. The van der Waals surface area contributed by atoms with E-state index in [1.54, 1.807) is 6.08 Å². The Kier molecular flexibility index (Phi) is 3.00. The quantitative estimate of drug-likeness (QED) is 0.607. The highest BCUT2D eigenvalue weighted by Gasteiger charge is 2.45. The SMILES string of the molecule is CC1(C)C=CC(=O)C(F)(c2ccc([N+](=O)[O-])cc2)C1. The second kappa shape index (κ2) is 4.26. The molecular weight excluding hydrogens is 249 g/mol. The van der Waals surface area contributed by atoms with Crippen LogP contribution in [0.1, 0.15) is 25.8 Å². The molecule has 0 amide bonds. The number of hydrogen-bond acceptors (Lipinski definition) is 3.